The number of benzene rings is 1. The first-order chi connectivity index (χ1) is 6.76. The number of carbonyl (C=O) groups excluding carboxylic acids is 1. The van der Waals surface area contributed by atoms with E-state index in [-0.39, 0.29) is 12.5 Å². The molecule has 5 nitrogen and oxygen atoms in total. The molecule has 72 valence electrons. The normalized spacial score (nSPS) is 8.86. The largest absolute Gasteiger partial charge is 0.376 e. The van der Waals surface area contributed by atoms with Gasteiger partial charge in [0.05, 0.1) is 18.2 Å². The fourth-order valence-electron chi connectivity index (χ4n) is 0.932. The first-order valence-corrected chi connectivity index (χ1v) is 3.99. The Hall–Kier alpha value is -2.06. The van der Waals surface area contributed by atoms with Crippen LogP contribution in [-0.2, 0) is 4.79 Å². The van der Waals surface area contributed by atoms with E-state index in [1.165, 1.54) is 0 Å². The molecule has 4 N–H and O–H groups in total. The molecule has 14 heavy (non-hydrogen) atoms. The summed E-state index contributed by atoms with van der Waals surface area (Å²) in [7, 11) is 0. The summed E-state index contributed by atoms with van der Waals surface area (Å²) in [5.74, 6) is 4.59. The average Bonchev–Trinajstić information content (AvgIpc) is 2.26. The summed E-state index contributed by atoms with van der Waals surface area (Å²) < 4.78 is 0. The maximum absolute atomic E-state index is 10.8. The number of nitrogens with one attached hydrogen (secondary N) is 2. The van der Waals surface area contributed by atoms with E-state index in [2.05, 4.69) is 5.32 Å². The summed E-state index contributed by atoms with van der Waals surface area (Å²) in [4.78, 5) is 10.8. The van der Waals surface area contributed by atoms with Crippen molar-refractivity contribution in [3.05, 3.63) is 29.8 Å². The molecule has 0 aliphatic carbocycles. The van der Waals surface area contributed by atoms with Crippen molar-refractivity contribution in [2.24, 2.45) is 5.84 Å². The summed E-state index contributed by atoms with van der Waals surface area (Å²) in [5.41, 5.74) is 3.26. The minimum atomic E-state index is -0.313. The number of nitriles is 1. The Kier molecular flexibility index (Phi) is 3.47. The van der Waals surface area contributed by atoms with Crippen LogP contribution in [0.3, 0.4) is 0 Å². The zero-order chi connectivity index (χ0) is 10.4. The SMILES string of the molecule is N#Cc1cccc(NCC(=O)NN)c1. The lowest BCUT2D eigenvalue weighted by Crippen LogP contribution is -2.35. The highest BCUT2D eigenvalue weighted by Gasteiger charge is 1.98. The zero-order valence-electron chi connectivity index (χ0n) is 7.45. The van der Waals surface area contributed by atoms with Gasteiger partial charge in [0.25, 0.3) is 5.91 Å². The second-order valence-corrected chi connectivity index (χ2v) is 2.61. The number of hydrazine groups is 1. The number of nitrogens with two attached hydrogens (primary N) is 1. The Balaban J connectivity index is 2.60. The Morgan fingerprint density at radius 2 is 2.36 bits per heavy atom. The highest BCUT2D eigenvalue weighted by atomic mass is 16.2. The van der Waals surface area contributed by atoms with Crippen LogP contribution in [-0.4, -0.2) is 12.5 Å². The van der Waals surface area contributed by atoms with Crippen molar-refractivity contribution in [1.29, 1.82) is 5.26 Å². The van der Waals surface area contributed by atoms with Gasteiger partial charge in [0.1, 0.15) is 0 Å². The second kappa shape index (κ2) is 4.84. The highest BCUT2D eigenvalue weighted by molar-refractivity contribution is 5.80. The van der Waals surface area contributed by atoms with Crippen LogP contribution in [0.15, 0.2) is 24.3 Å². The van der Waals surface area contributed by atoms with Gasteiger partial charge in [-0.15, -0.1) is 0 Å². The fraction of sp³-hybridized carbons (Fsp3) is 0.111. The van der Waals surface area contributed by atoms with Crippen LogP contribution in [0, 0.1) is 11.3 Å². The standard InChI is InChI=1S/C9H10N4O/c10-5-7-2-1-3-8(4-7)12-6-9(14)13-11/h1-4,12H,6,11H2,(H,13,14). The van der Waals surface area contributed by atoms with Gasteiger partial charge in [-0.2, -0.15) is 5.26 Å². The van der Waals surface area contributed by atoms with Crippen LogP contribution in [0.25, 0.3) is 0 Å². The molecule has 0 aliphatic heterocycles. The van der Waals surface area contributed by atoms with Crippen molar-refractivity contribution in [2.75, 3.05) is 11.9 Å². The smallest absolute Gasteiger partial charge is 0.253 e. The predicted octanol–water partition coefficient (Wildman–Crippen LogP) is -0.0399. The molecule has 0 aromatic heterocycles. The average molecular weight is 190 g/mol. The van der Waals surface area contributed by atoms with Crippen LogP contribution in [0.2, 0.25) is 0 Å². The van der Waals surface area contributed by atoms with Crippen molar-refractivity contribution in [1.82, 2.24) is 5.43 Å². The topological polar surface area (TPSA) is 90.9 Å². The van der Waals surface area contributed by atoms with Gasteiger partial charge >= 0.3 is 0 Å². The third kappa shape index (κ3) is 2.77. The van der Waals surface area contributed by atoms with Crippen molar-refractivity contribution in [3.63, 3.8) is 0 Å². The Bertz CT molecular complexity index is 369. The molecule has 1 rings (SSSR count). The van der Waals surface area contributed by atoms with E-state index in [9.17, 15) is 4.79 Å². The van der Waals surface area contributed by atoms with Gasteiger partial charge in [-0.05, 0) is 18.2 Å². The van der Waals surface area contributed by atoms with E-state index in [0.717, 1.165) is 0 Å². The maximum atomic E-state index is 10.8. The minimum absolute atomic E-state index is 0.0887. The van der Waals surface area contributed by atoms with E-state index >= 15 is 0 Å². The van der Waals surface area contributed by atoms with E-state index in [1.54, 1.807) is 24.3 Å². The van der Waals surface area contributed by atoms with Gasteiger partial charge in [0, 0.05) is 5.69 Å². The van der Waals surface area contributed by atoms with Crippen LogP contribution in [0.5, 0.6) is 0 Å². The molecule has 0 atom stereocenters. The van der Waals surface area contributed by atoms with Crippen LogP contribution < -0.4 is 16.6 Å². The number of nitrogens with zero attached hydrogens (tertiary/aromatic N) is 1. The van der Waals surface area contributed by atoms with Gasteiger partial charge in [-0.1, -0.05) is 6.07 Å². The number of hydrogen-bond donors (Lipinski definition) is 3. The van der Waals surface area contributed by atoms with E-state index in [1.807, 2.05) is 11.5 Å². The lowest BCUT2D eigenvalue weighted by atomic mass is 10.2. The summed E-state index contributed by atoms with van der Waals surface area (Å²) >= 11 is 0. The number of rotatable bonds is 3. The van der Waals surface area contributed by atoms with Crippen molar-refractivity contribution in [2.45, 2.75) is 0 Å². The number of anilines is 1. The molecule has 0 saturated heterocycles. The molecule has 1 amide bonds. The molecule has 1 aromatic carbocycles. The second-order valence-electron chi connectivity index (χ2n) is 2.61. The van der Waals surface area contributed by atoms with E-state index in [0.29, 0.717) is 11.3 Å². The van der Waals surface area contributed by atoms with Crippen LogP contribution in [0.1, 0.15) is 5.56 Å². The Morgan fingerprint density at radius 3 is 3.00 bits per heavy atom. The molecule has 0 spiro atoms. The van der Waals surface area contributed by atoms with Crippen molar-refractivity contribution in [3.8, 4) is 6.07 Å². The molecular weight excluding hydrogens is 180 g/mol. The summed E-state index contributed by atoms with van der Waals surface area (Å²) in [5, 5.41) is 11.4. The van der Waals surface area contributed by atoms with E-state index < -0.39 is 0 Å². The van der Waals surface area contributed by atoms with Gasteiger partial charge in [-0.3, -0.25) is 10.2 Å². The third-order valence-corrected chi connectivity index (χ3v) is 1.61. The summed E-state index contributed by atoms with van der Waals surface area (Å²) in [6, 6.07) is 8.85. The molecule has 0 heterocycles. The quantitative estimate of drug-likeness (QED) is 0.354. The van der Waals surface area contributed by atoms with Gasteiger partial charge in [0.2, 0.25) is 0 Å². The zero-order valence-corrected chi connectivity index (χ0v) is 7.45. The van der Waals surface area contributed by atoms with Gasteiger partial charge in [-0.25, -0.2) is 5.84 Å². The molecule has 0 unspecified atom stereocenters. The van der Waals surface area contributed by atoms with E-state index in [4.69, 9.17) is 11.1 Å². The predicted molar refractivity (Wildman–Crippen MR) is 52.0 cm³/mol. The number of amides is 1. The van der Waals surface area contributed by atoms with Crippen LogP contribution >= 0.6 is 0 Å². The highest BCUT2D eigenvalue weighted by Crippen LogP contribution is 2.08. The molecule has 0 aliphatic rings. The Morgan fingerprint density at radius 1 is 1.57 bits per heavy atom. The van der Waals surface area contributed by atoms with Gasteiger partial charge < -0.3 is 5.32 Å². The number of carbonyl (C=O) groups is 1. The molecule has 0 saturated carbocycles. The summed E-state index contributed by atoms with van der Waals surface area (Å²) in [6.45, 7) is 0.0887. The number of hydrogen-bond acceptors (Lipinski definition) is 4. The molecule has 0 bridgehead atoms. The van der Waals surface area contributed by atoms with Gasteiger partial charge in [0.15, 0.2) is 0 Å². The first kappa shape index (κ1) is 10.0. The fourth-order valence-corrected chi connectivity index (χ4v) is 0.932. The Labute approximate surface area is 81.5 Å². The molecule has 5 heteroatoms. The first-order valence-electron chi connectivity index (χ1n) is 3.99. The summed E-state index contributed by atoms with van der Waals surface area (Å²) in [6.07, 6.45) is 0. The molecule has 0 fully saturated rings. The molecular formula is C9H10N4O. The van der Waals surface area contributed by atoms with Crippen LogP contribution in [0.4, 0.5) is 5.69 Å². The third-order valence-electron chi connectivity index (χ3n) is 1.61. The lowest BCUT2D eigenvalue weighted by Gasteiger charge is -2.04. The maximum Gasteiger partial charge on any atom is 0.253 e. The lowest BCUT2D eigenvalue weighted by molar-refractivity contribution is -0.119. The van der Waals surface area contributed by atoms with Crippen molar-refractivity contribution >= 4 is 11.6 Å². The molecule has 0 radical (unpaired) electrons. The molecule has 1 aromatic rings. The monoisotopic (exact) mass is 190 g/mol. The van der Waals surface area contributed by atoms with Crippen molar-refractivity contribution < 1.29 is 4.79 Å². The minimum Gasteiger partial charge on any atom is -0.376 e.